The van der Waals surface area contributed by atoms with E-state index in [9.17, 15) is 9.59 Å². The van der Waals surface area contributed by atoms with Gasteiger partial charge in [-0.2, -0.15) is 5.10 Å². The first-order valence-electron chi connectivity index (χ1n) is 13.8. The number of anilines is 1. The van der Waals surface area contributed by atoms with Crippen molar-refractivity contribution < 1.29 is 9.59 Å². The van der Waals surface area contributed by atoms with Crippen molar-refractivity contribution >= 4 is 29.1 Å². The lowest BCUT2D eigenvalue weighted by molar-refractivity contribution is 0.0933. The van der Waals surface area contributed by atoms with Gasteiger partial charge in [0, 0.05) is 56.1 Å². The smallest absolute Gasteiger partial charge is 0.323 e. The summed E-state index contributed by atoms with van der Waals surface area (Å²) in [5, 5.41) is 16.1. The van der Waals surface area contributed by atoms with Gasteiger partial charge in [-0.15, -0.1) is 11.3 Å². The van der Waals surface area contributed by atoms with Crippen LogP contribution < -0.4 is 10.6 Å². The summed E-state index contributed by atoms with van der Waals surface area (Å²) in [7, 11) is 0. The van der Waals surface area contributed by atoms with Crippen LogP contribution in [0.2, 0.25) is 0 Å². The summed E-state index contributed by atoms with van der Waals surface area (Å²) in [6.07, 6.45) is 2.58. The minimum atomic E-state index is -0.151. The number of rotatable bonds is 7. The fraction of sp³-hybridized carbons (Fsp3) is 0.333. The Balaban J connectivity index is 0.961. The highest BCUT2D eigenvalue weighted by Gasteiger charge is 2.28. The molecule has 10 heteroatoms. The zero-order chi connectivity index (χ0) is 27.3. The Kier molecular flexibility index (Phi) is 7.87. The van der Waals surface area contributed by atoms with Gasteiger partial charge in [-0.1, -0.05) is 60.7 Å². The van der Waals surface area contributed by atoms with Gasteiger partial charge in [0.2, 0.25) is 0 Å². The number of aromatic amines is 1. The molecular formula is C30H33N7O2S. The van der Waals surface area contributed by atoms with Crippen molar-refractivity contribution in [2.45, 2.75) is 37.8 Å². The van der Waals surface area contributed by atoms with Crippen LogP contribution in [0.4, 0.5) is 10.6 Å². The van der Waals surface area contributed by atoms with Crippen LogP contribution in [-0.2, 0) is 6.54 Å². The van der Waals surface area contributed by atoms with E-state index < -0.39 is 0 Å². The first kappa shape index (κ1) is 26.2. The zero-order valence-electron chi connectivity index (χ0n) is 22.3. The predicted octanol–water partition coefficient (Wildman–Crippen LogP) is 4.95. The number of urea groups is 1. The summed E-state index contributed by atoms with van der Waals surface area (Å²) in [5.74, 6) is 0.658. The second-order valence-electron chi connectivity index (χ2n) is 10.5. The molecule has 0 aliphatic carbocycles. The summed E-state index contributed by atoms with van der Waals surface area (Å²) in [6, 6.07) is 22.1. The van der Waals surface area contributed by atoms with Crippen molar-refractivity contribution in [2.75, 3.05) is 31.5 Å². The molecule has 6 rings (SSSR count). The number of hydrogen-bond donors (Lipinski definition) is 3. The first-order chi connectivity index (χ1) is 19.6. The first-order valence-corrected chi connectivity index (χ1v) is 14.7. The Bertz CT molecular complexity index is 1430. The second kappa shape index (κ2) is 12.0. The molecule has 2 aliphatic heterocycles. The third-order valence-electron chi connectivity index (χ3n) is 7.64. The summed E-state index contributed by atoms with van der Waals surface area (Å²) in [5.41, 5.74) is 3.66. The van der Waals surface area contributed by atoms with Crippen LogP contribution in [0.3, 0.4) is 0 Å². The minimum Gasteiger partial charge on any atom is -0.347 e. The molecular weight excluding hydrogens is 522 g/mol. The normalized spacial score (nSPS) is 18.1. The SMILES string of the molecule is O=C(NC1CCN(Cc2ccccc2)C1)c1csc(C2CCN(C(=O)Nc3cc(-c4ccccc4)[nH]n3)CC2)n1. The Labute approximate surface area is 237 Å². The van der Waals surface area contributed by atoms with Crippen molar-refractivity contribution in [1.82, 2.24) is 30.3 Å². The van der Waals surface area contributed by atoms with E-state index in [0.717, 1.165) is 55.2 Å². The molecule has 0 saturated carbocycles. The number of H-pyrrole nitrogens is 1. The van der Waals surface area contributed by atoms with Gasteiger partial charge in [0.15, 0.2) is 5.82 Å². The molecule has 4 heterocycles. The lowest BCUT2D eigenvalue weighted by atomic mass is 9.98. The molecule has 9 nitrogen and oxygen atoms in total. The largest absolute Gasteiger partial charge is 0.347 e. The van der Waals surface area contributed by atoms with Crippen molar-refractivity contribution in [1.29, 1.82) is 0 Å². The number of nitrogens with zero attached hydrogens (tertiary/aromatic N) is 4. The number of nitrogens with one attached hydrogen (secondary N) is 3. The van der Waals surface area contributed by atoms with E-state index in [1.807, 2.05) is 52.7 Å². The quantitative estimate of drug-likeness (QED) is 0.299. The topological polar surface area (TPSA) is 106 Å². The molecule has 3 N–H and O–H groups in total. The maximum atomic E-state index is 12.9. The van der Waals surface area contributed by atoms with Crippen LogP contribution in [0.1, 0.15) is 46.2 Å². The molecule has 40 heavy (non-hydrogen) atoms. The molecule has 2 aromatic carbocycles. The summed E-state index contributed by atoms with van der Waals surface area (Å²) in [4.78, 5) is 34.6. The molecule has 2 aliphatic rings. The van der Waals surface area contributed by atoms with Crippen LogP contribution in [0.25, 0.3) is 11.3 Å². The Morgan fingerprint density at radius 2 is 1.73 bits per heavy atom. The van der Waals surface area contributed by atoms with E-state index in [1.165, 1.54) is 5.56 Å². The molecule has 4 aromatic rings. The van der Waals surface area contributed by atoms with Gasteiger partial charge in [-0.25, -0.2) is 9.78 Å². The van der Waals surface area contributed by atoms with Gasteiger partial charge in [-0.3, -0.25) is 20.1 Å². The molecule has 2 fully saturated rings. The number of hydrogen-bond acceptors (Lipinski definition) is 6. The summed E-state index contributed by atoms with van der Waals surface area (Å²) >= 11 is 1.54. The van der Waals surface area contributed by atoms with E-state index in [1.54, 1.807) is 11.3 Å². The number of likely N-dealkylation sites (tertiary alicyclic amines) is 2. The van der Waals surface area contributed by atoms with Crippen molar-refractivity contribution in [3.05, 3.63) is 88.4 Å². The third kappa shape index (κ3) is 6.24. The fourth-order valence-electron chi connectivity index (χ4n) is 5.44. The molecule has 0 spiro atoms. The average molecular weight is 556 g/mol. The van der Waals surface area contributed by atoms with E-state index in [-0.39, 0.29) is 23.9 Å². The molecule has 1 unspecified atom stereocenters. The number of carbonyl (C=O) groups is 2. The van der Waals surface area contributed by atoms with Crippen molar-refractivity contribution in [3.63, 3.8) is 0 Å². The highest BCUT2D eigenvalue weighted by atomic mass is 32.1. The maximum Gasteiger partial charge on any atom is 0.323 e. The van der Waals surface area contributed by atoms with Gasteiger partial charge in [0.05, 0.1) is 10.7 Å². The maximum absolute atomic E-state index is 12.9. The standard InChI is InChI=1S/C30H33N7O2S/c38-28(31-24-13-14-36(19-24)18-21-7-3-1-4-8-21)26-20-40-29(32-26)23-11-15-37(16-12-23)30(39)33-27-17-25(34-35-27)22-9-5-2-6-10-22/h1-10,17,20,23-24H,11-16,18-19H2,(H,31,38)(H2,33,34,35,39). The molecule has 0 bridgehead atoms. The number of carbonyl (C=O) groups excluding carboxylic acids is 2. The molecule has 206 valence electrons. The summed E-state index contributed by atoms with van der Waals surface area (Å²) < 4.78 is 0. The predicted molar refractivity (Wildman–Crippen MR) is 156 cm³/mol. The van der Waals surface area contributed by atoms with Crippen LogP contribution in [0.15, 0.2) is 72.1 Å². The van der Waals surface area contributed by atoms with E-state index in [4.69, 9.17) is 4.98 Å². The highest BCUT2D eigenvalue weighted by molar-refractivity contribution is 7.09. The van der Waals surface area contributed by atoms with Crippen molar-refractivity contribution in [3.8, 4) is 11.3 Å². The Morgan fingerprint density at radius 1 is 0.975 bits per heavy atom. The van der Waals surface area contributed by atoms with Crippen LogP contribution >= 0.6 is 11.3 Å². The Hall–Kier alpha value is -4.02. The van der Waals surface area contributed by atoms with E-state index >= 15 is 0 Å². The number of piperidine rings is 1. The fourth-order valence-corrected chi connectivity index (χ4v) is 6.42. The van der Waals surface area contributed by atoms with Crippen LogP contribution in [-0.4, -0.2) is 69.1 Å². The second-order valence-corrected chi connectivity index (χ2v) is 11.4. The number of amides is 3. The van der Waals surface area contributed by atoms with Crippen LogP contribution in [0.5, 0.6) is 0 Å². The van der Waals surface area contributed by atoms with Gasteiger partial charge in [0.25, 0.3) is 5.91 Å². The van der Waals surface area contributed by atoms with Gasteiger partial charge in [0.1, 0.15) is 5.69 Å². The van der Waals surface area contributed by atoms with Crippen molar-refractivity contribution in [2.24, 2.45) is 0 Å². The number of benzene rings is 2. The highest BCUT2D eigenvalue weighted by Crippen LogP contribution is 2.31. The third-order valence-corrected chi connectivity index (χ3v) is 8.65. The van der Waals surface area contributed by atoms with E-state index in [2.05, 4.69) is 50.0 Å². The molecule has 0 radical (unpaired) electrons. The average Bonchev–Trinajstić information content (AvgIpc) is 3.76. The lowest BCUT2D eigenvalue weighted by Crippen LogP contribution is -2.40. The van der Waals surface area contributed by atoms with Crippen LogP contribution in [0, 0.1) is 0 Å². The van der Waals surface area contributed by atoms with Gasteiger partial charge >= 0.3 is 6.03 Å². The summed E-state index contributed by atoms with van der Waals surface area (Å²) in [6.45, 7) is 3.99. The Morgan fingerprint density at radius 3 is 2.50 bits per heavy atom. The number of thiazole rings is 1. The van der Waals surface area contributed by atoms with Gasteiger partial charge in [-0.05, 0) is 30.4 Å². The van der Waals surface area contributed by atoms with Gasteiger partial charge < -0.3 is 10.2 Å². The zero-order valence-corrected chi connectivity index (χ0v) is 23.1. The monoisotopic (exact) mass is 555 g/mol. The van der Waals surface area contributed by atoms with E-state index in [0.29, 0.717) is 24.6 Å². The lowest BCUT2D eigenvalue weighted by Gasteiger charge is -2.30. The molecule has 1 atom stereocenters. The molecule has 3 amide bonds. The molecule has 2 aromatic heterocycles. The molecule has 2 saturated heterocycles. The minimum absolute atomic E-state index is 0.0975. The number of aromatic nitrogens is 3.